The van der Waals surface area contributed by atoms with Gasteiger partial charge in [0.25, 0.3) is 0 Å². The molecule has 0 radical (unpaired) electrons. The maximum atomic E-state index is 12.8. The molecular weight excluding hydrogens is 406 g/mol. The first-order valence-electron chi connectivity index (χ1n) is 9.32. The third-order valence-corrected chi connectivity index (χ3v) is 6.12. The molecule has 1 aromatic heterocycles. The Bertz CT molecular complexity index is 1060. The predicted molar refractivity (Wildman–Crippen MR) is 118 cm³/mol. The minimum atomic E-state index is -0.396. The third kappa shape index (κ3) is 4.18. The predicted octanol–water partition coefficient (Wildman–Crippen LogP) is 5.07. The molecule has 2 amide bonds. The van der Waals surface area contributed by atoms with Gasteiger partial charge in [0.05, 0.1) is 11.6 Å². The lowest BCUT2D eigenvalue weighted by atomic mass is 10.1. The Morgan fingerprint density at radius 1 is 1.14 bits per heavy atom. The zero-order valence-corrected chi connectivity index (χ0v) is 17.7. The van der Waals surface area contributed by atoms with Gasteiger partial charge in [-0.25, -0.2) is 4.98 Å². The molecule has 5 nitrogen and oxygen atoms in total. The lowest BCUT2D eigenvalue weighted by Gasteiger charge is -2.16. The van der Waals surface area contributed by atoms with Crippen LogP contribution in [0.15, 0.2) is 48.5 Å². The summed E-state index contributed by atoms with van der Waals surface area (Å²) in [5.41, 5.74) is 3.73. The number of nitrogens with zero attached hydrogens (tertiary/aromatic N) is 2. The largest absolute Gasteiger partial charge is 0.312 e. The minimum absolute atomic E-state index is 0.0359. The van der Waals surface area contributed by atoms with Gasteiger partial charge < -0.3 is 10.2 Å². The van der Waals surface area contributed by atoms with Gasteiger partial charge in [0.15, 0.2) is 5.13 Å². The minimum Gasteiger partial charge on any atom is -0.312 e. The average molecular weight is 426 g/mol. The molecule has 1 N–H and O–H groups in total. The standard InChI is InChI=1S/C22H20ClN3O2S/c1-13-3-9-18(10-4-13)26-12-16(11-19(26)27)21(28)25-22-24-20(14(2)29-22)15-5-7-17(23)8-6-15/h3-10,16H,11-12H2,1-2H3,(H,24,25,28)/t16-/m1/s1. The molecule has 29 heavy (non-hydrogen) atoms. The van der Waals surface area contributed by atoms with Crippen molar-refractivity contribution >= 4 is 45.6 Å². The molecule has 2 heterocycles. The zero-order chi connectivity index (χ0) is 20.5. The Balaban J connectivity index is 1.46. The smallest absolute Gasteiger partial charge is 0.231 e. The first-order valence-corrected chi connectivity index (χ1v) is 10.5. The fourth-order valence-electron chi connectivity index (χ4n) is 3.39. The second-order valence-electron chi connectivity index (χ2n) is 7.16. The van der Waals surface area contributed by atoms with E-state index in [4.69, 9.17) is 11.6 Å². The summed E-state index contributed by atoms with van der Waals surface area (Å²) in [4.78, 5) is 32.4. The van der Waals surface area contributed by atoms with Crippen LogP contribution in [0.25, 0.3) is 11.3 Å². The van der Waals surface area contributed by atoms with E-state index >= 15 is 0 Å². The highest BCUT2D eigenvalue weighted by Gasteiger charge is 2.35. The Morgan fingerprint density at radius 3 is 2.52 bits per heavy atom. The number of benzene rings is 2. The van der Waals surface area contributed by atoms with Crippen LogP contribution in [0.2, 0.25) is 5.02 Å². The average Bonchev–Trinajstić information content (AvgIpc) is 3.26. The van der Waals surface area contributed by atoms with E-state index in [-0.39, 0.29) is 18.2 Å². The summed E-state index contributed by atoms with van der Waals surface area (Å²) >= 11 is 7.38. The first kappa shape index (κ1) is 19.6. The van der Waals surface area contributed by atoms with Crippen molar-refractivity contribution in [2.24, 2.45) is 5.92 Å². The van der Waals surface area contributed by atoms with Crippen LogP contribution in [0.3, 0.4) is 0 Å². The molecule has 148 valence electrons. The van der Waals surface area contributed by atoms with Gasteiger partial charge in [-0.15, -0.1) is 11.3 Å². The fourth-order valence-corrected chi connectivity index (χ4v) is 4.36. The van der Waals surface area contributed by atoms with Gasteiger partial charge >= 0.3 is 0 Å². The Morgan fingerprint density at radius 2 is 1.83 bits per heavy atom. The Labute approximate surface area is 178 Å². The summed E-state index contributed by atoms with van der Waals surface area (Å²) < 4.78 is 0. The second kappa shape index (κ2) is 7.97. The highest BCUT2D eigenvalue weighted by atomic mass is 35.5. The molecule has 1 aliphatic heterocycles. The van der Waals surface area contributed by atoms with Crippen molar-refractivity contribution in [2.75, 3.05) is 16.8 Å². The normalized spacial score (nSPS) is 16.3. The van der Waals surface area contributed by atoms with E-state index in [2.05, 4.69) is 10.3 Å². The molecule has 1 saturated heterocycles. The van der Waals surface area contributed by atoms with Crippen LogP contribution in [0.4, 0.5) is 10.8 Å². The lowest BCUT2D eigenvalue weighted by Crippen LogP contribution is -2.28. The molecule has 0 unspecified atom stereocenters. The number of nitrogens with one attached hydrogen (secondary N) is 1. The SMILES string of the molecule is Cc1ccc(N2C[C@H](C(=O)Nc3nc(-c4ccc(Cl)cc4)c(C)s3)CC2=O)cc1. The number of aromatic nitrogens is 1. The summed E-state index contributed by atoms with van der Waals surface area (Å²) in [7, 11) is 0. The van der Waals surface area contributed by atoms with E-state index in [0.717, 1.165) is 27.4 Å². The fraction of sp³-hybridized carbons (Fsp3) is 0.227. The maximum absolute atomic E-state index is 12.8. The summed E-state index contributed by atoms with van der Waals surface area (Å²) in [6.07, 6.45) is 0.202. The number of carbonyl (C=O) groups is 2. The highest BCUT2D eigenvalue weighted by Crippen LogP contribution is 2.32. The van der Waals surface area contributed by atoms with Gasteiger partial charge in [-0.3, -0.25) is 9.59 Å². The first-order chi connectivity index (χ1) is 13.9. The molecule has 0 bridgehead atoms. The zero-order valence-electron chi connectivity index (χ0n) is 16.1. The molecule has 1 atom stereocenters. The summed E-state index contributed by atoms with van der Waals surface area (Å²) in [6, 6.07) is 15.2. The van der Waals surface area contributed by atoms with Gasteiger partial charge in [-0.05, 0) is 38.1 Å². The third-order valence-electron chi connectivity index (χ3n) is 4.99. The number of hydrogen-bond donors (Lipinski definition) is 1. The number of thiazole rings is 1. The molecular formula is C22H20ClN3O2S. The number of carbonyl (C=O) groups excluding carboxylic acids is 2. The number of aryl methyl sites for hydroxylation is 2. The summed E-state index contributed by atoms with van der Waals surface area (Å²) in [6.45, 7) is 4.34. The van der Waals surface area contributed by atoms with Crippen molar-refractivity contribution in [3.63, 3.8) is 0 Å². The van der Waals surface area contributed by atoms with Crippen molar-refractivity contribution < 1.29 is 9.59 Å². The van der Waals surface area contributed by atoms with E-state index in [9.17, 15) is 9.59 Å². The van der Waals surface area contributed by atoms with Crippen LogP contribution < -0.4 is 10.2 Å². The highest BCUT2D eigenvalue weighted by molar-refractivity contribution is 7.16. The van der Waals surface area contributed by atoms with Crippen molar-refractivity contribution in [3.8, 4) is 11.3 Å². The molecule has 7 heteroatoms. The van der Waals surface area contributed by atoms with E-state index in [1.165, 1.54) is 11.3 Å². The number of rotatable bonds is 4. The van der Waals surface area contributed by atoms with Gasteiger partial charge in [-0.1, -0.05) is 41.4 Å². The lowest BCUT2D eigenvalue weighted by molar-refractivity contribution is -0.122. The van der Waals surface area contributed by atoms with Crippen LogP contribution >= 0.6 is 22.9 Å². The van der Waals surface area contributed by atoms with Gasteiger partial charge in [0.2, 0.25) is 11.8 Å². The summed E-state index contributed by atoms with van der Waals surface area (Å²) in [5, 5.41) is 4.10. The number of anilines is 2. The summed E-state index contributed by atoms with van der Waals surface area (Å²) in [5.74, 6) is -0.609. The molecule has 2 aromatic carbocycles. The number of amides is 2. The van der Waals surface area contributed by atoms with Gasteiger partial charge in [-0.2, -0.15) is 0 Å². The topological polar surface area (TPSA) is 62.3 Å². The number of halogens is 1. The van der Waals surface area contributed by atoms with Crippen LogP contribution in [0, 0.1) is 19.8 Å². The van der Waals surface area contributed by atoms with E-state index < -0.39 is 5.92 Å². The van der Waals surface area contributed by atoms with Crippen molar-refractivity contribution in [1.29, 1.82) is 0 Å². The van der Waals surface area contributed by atoms with Crippen molar-refractivity contribution in [2.45, 2.75) is 20.3 Å². The quantitative estimate of drug-likeness (QED) is 0.634. The maximum Gasteiger partial charge on any atom is 0.231 e. The van der Waals surface area contributed by atoms with E-state index in [1.807, 2.05) is 62.4 Å². The van der Waals surface area contributed by atoms with Crippen LogP contribution in [0.1, 0.15) is 16.9 Å². The second-order valence-corrected chi connectivity index (χ2v) is 8.80. The molecule has 1 fully saturated rings. The van der Waals surface area contributed by atoms with Crippen LogP contribution in [-0.4, -0.2) is 23.3 Å². The molecule has 0 spiro atoms. The monoisotopic (exact) mass is 425 g/mol. The van der Waals surface area contributed by atoms with Crippen LogP contribution in [0.5, 0.6) is 0 Å². The molecule has 3 aromatic rings. The Kier molecular flexibility index (Phi) is 5.39. The van der Waals surface area contributed by atoms with E-state index in [1.54, 1.807) is 4.90 Å². The molecule has 1 aliphatic rings. The number of hydrogen-bond acceptors (Lipinski definition) is 4. The molecule has 0 saturated carbocycles. The van der Waals surface area contributed by atoms with Gasteiger partial charge in [0, 0.05) is 34.1 Å². The Hall–Kier alpha value is -2.70. The molecule has 4 rings (SSSR count). The van der Waals surface area contributed by atoms with E-state index in [0.29, 0.717) is 16.7 Å². The van der Waals surface area contributed by atoms with Crippen LogP contribution in [-0.2, 0) is 9.59 Å². The van der Waals surface area contributed by atoms with Crippen molar-refractivity contribution in [3.05, 3.63) is 64.0 Å². The van der Waals surface area contributed by atoms with Gasteiger partial charge in [0.1, 0.15) is 0 Å². The van der Waals surface area contributed by atoms with Crippen molar-refractivity contribution in [1.82, 2.24) is 4.98 Å². The molecule has 0 aliphatic carbocycles.